The van der Waals surface area contributed by atoms with Crippen LogP contribution in [0.15, 0.2) is 18.2 Å². The van der Waals surface area contributed by atoms with Gasteiger partial charge in [0.2, 0.25) is 0 Å². The fourth-order valence-corrected chi connectivity index (χ4v) is 1.80. The molecule has 0 atom stereocenters. The second-order valence-corrected chi connectivity index (χ2v) is 3.77. The maximum absolute atomic E-state index is 9.34. The summed E-state index contributed by atoms with van der Waals surface area (Å²) in [6.45, 7) is 0. The molecule has 2 heteroatoms. The molecule has 0 aliphatic heterocycles. The van der Waals surface area contributed by atoms with Gasteiger partial charge in [-0.05, 0) is 52.3 Å². The Bertz CT molecular complexity index is 329. The van der Waals surface area contributed by atoms with Crippen LogP contribution in [0.3, 0.4) is 0 Å². The number of phenols is 1. The molecule has 0 radical (unpaired) electrons. The summed E-state index contributed by atoms with van der Waals surface area (Å²) in [4.78, 5) is 0. The third kappa shape index (κ3) is 1.15. The molecule has 11 heavy (non-hydrogen) atoms. The van der Waals surface area contributed by atoms with Gasteiger partial charge in [-0.25, -0.2) is 0 Å². The average Bonchev–Trinajstić information content (AvgIpc) is 2.36. The molecule has 1 aliphatic carbocycles. The predicted octanol–water partition coefficient (Wildman–Crippen LogP) is 2.57. The molecule has 0 saturated heterocycles. The zero-order valence-corrected chi connectivity index (χ0v) is 8.00. The molecule has 1 aliphatic rings. The lowest BCUT2D eigenvalue weighted by atomic mass is 10.1. The Labute approximate surface area is 78.9 Å². The van der Waals surface area contributed by atoms with Crippen LogP contribution in [0.2, 0.25) is 0 Å². The molecule has 0 aromatic heterocycles. The van der Waals surface area contributed by atoms with Crippen molar-refractivity contribution in [3.8, 4) is 5.75 Å². The first-order valence-corrected chi connectivity index (χ1v) is 4.53. The van der Waals surface area contributed by atoms with E-state index in [0.717, 1.165) is 15.6 Å². The highest BCUT2D eigenvalue weighted by Crippen LogP contribution is 2.28. The van der Waals surface area contributed by atoms with Gasteiger partial charge in [0.25, 0.3) is 0 Å². The van der Waals surface area contributed by atoms with Gasteiger partial charge >= 0.3 is 0 Å². The van der Waals surface area contributed by atoms with E-state index < -0.39 is 0 Å². The van der Waals surface area contributed by atoms with Gasteiger partial charge < -0.3 is 5.11 Å². The minimum Gasteiger partial charge on any atom is -0.507 e. The summed E-state index contributed by atoms with van der Waals surface area (Å²) >= 11 is 2.14. The van der Waals surface area contributed by atoms with E-state index in [1.807, 2.05) is 18.2 Å². The number of fused-ring (bicyclic) bond motifs is 1. The lowest BCUT2D eigenvalue weighted by Gasteiger charge is -2.01. The number of halogens is 1. The molecule has 0 spiro atoms. The summed E-state index contributed by atoms with van der Waals surface area (Å²) in [5, 5.41) is 9.34. The van der Waals surface area contributed by atoms with Crippen LogP contribution in [-0.2, 0) is 6.42 Å². The van der Waals surface area contributed by atoms with E-state index in [-0.39, 0.29) is 0 Å². The summed E-state index contributed by atoms with van der Waals surface area (Å²) in [6, 6.07) is 3.85. The molecule has 1 aromatic rings. The second-order valence-electron chi connectivity index (χ2n) is 2.61. The lowest BCUT2D eigenvalue weighted by molar-refractivity contribution is 0.471. The molecule has 1 aromatic carbocycles. The van der Waals surface area contributed by atoms with Crippen molar-refractivity contribution in [2.45, 2.75) is 6.42 Å². The highest BCUT2D eigenvalue weighted by molar-refractivity contribution is 14.1. The van der Waals surface area contributed by atoms with Gasteiger partial charge in [0.15, 0.2) is 0 Å². The van der Waals surface area contributed by atoms with Crippen LogP contribution in [0.25, 0.3) is 6.08 Å². The van der Waals surface area contributed by atoms with E-state index in [9.17, 15) is 5.11 Å². The number of allylic oxidation sites excluding steroid dienone is 1. The number of hydrogen-bond acceptors (Lipinski definition) is 1. The Morgan fingerprint density at radius 3 is 3.00 bits per heavy atom. The summed E-state index contributed by atoms with van der Waals surface area (Å²) in [6.07, 6.45) is 5.16. The van der Waals surface area contributed by atoms with Crippen LogP contribution in [0.1, 0.15) is 11.1 Å². The minimum absolute atomic E-state index is 0.385. The Hall–Kier alpha value is -0.510. The largest absolute Gasteiger partial charge is 0.507 e. The van der Waals surface area contributed by atoms with Crippen LogP contribution < -0.4 is 0 Å². The summed E-state index contributed by atoms with van der Waals surface area (Å²) in [5.41, 5.74) is 2.47. The van der Waals surface area contributed by atoms with Crippen LogP contribution in [0, 0.1) is 3.57 Å². The Morgan fingerprint density at radius 1 is 1.36 bits per heavy atom. The lowest BCUT2D eigenvalue weighted by Crippen LogP contribution is -1.83. The van der Waals surface area contributed by atoms with Gasteiger partial charge in [-0.3, -0.25) is 0 Å². The average molecular weight is 258 g/mol. The molecule has 0 bridgehead atoms. The van der Waals surface area contributed by atoms with E-state index in [1.165, 1.54) is 5.56 Å². The van der Waals surface area contributed by atoms with Crippen molar-refractivity contribution >= 4 is 28.7 Å². The first-order valence-electron chi connectivity index (χ1n) is 3.45. The monoisotopic (exact) mass is 258 g/mol. The van der Waals surface area contributed by atoms with Crippen molar-refractivity contribution in [3.63, 3.8) is 0 Å². The number of benzene rings is 1. The zero-order valence-electron chi connectivity index (χ0n) is 5.84. The highest BCUT2D eigenvalue weighted by atomic mass is 127. The molecule has 0 unspecified atom stereocenters. The molecule has 56 valence electrons. The number of phenolic OH excluding ortho intramolecular Hbond substituents is 1. The smallest absolute Gasteiger partial charge is 0.129 e. The topological polar surface area (TPSA) is 20.2 Å². The predicted molar refractivity (Wildman–Crippen MR) is 53.6 cm³/mol. The second kappa shape index (κ2) is 2.52. The van der Waals surface area contributed by atoms with Crippen molar-refractivity contribution in [2.24, 2.45) is 0 Å². The van der Waals surface area contributed by atoms with Crippen molar-refractivity contribution in [2.75, 3.05) is 0 Å². The van der Waals surface area contributed by atoms with Gasteiger partial charge in [-0.15, -0.1) is 0 Å². The van der Waals surface area contributed by atoms with Gasteiger partial charge in [0.05, 0.1) is 3.57 Å². The van der Waals surface area contributed by atoms with Crippen LogP contribution in [0.5, 0.6) is 5.75 Å². The van der Waals surface area contributed by atoms with Gasteiger partial charge in [-0.2, -0.15) is 0 Å². The molecular formula is C9H7IO. The summed E-state index contributed by atoms with van der Waals surface area (Å²) in [7, 11) is 0. The Morgan fingerprint density at radius 2 is 2.18 bits per heavy atom. The Kier molecular flexibility index (Phi) is 1.64. The van der Waals surface area contributed by atoms with E-state index in [1.54, 1.807) is 0 Å². The van der Waals surface area contributed by atoms with Crippen molar-refractivity contribution in [1.29, 1.82) is 0 Å². The van der Waals surface area contributed by atoms with Crippen LogP contribution in [-0.4, -0.2) is 5.11 Å². The maximum atomic E-state index is 9.34. The van der Waals surface area contributed by atoms with Gasteiger partial charge in [0.1, 0.15) is 5.75 Å². The molecule has 0 fully saturated rings. The molecule has 1 nitrogen and oxygen atoms in total. The molecule has 0 saturated carbocycles. The molecular weight excluding hydrogens is 251 g/mol. The number of hydrogen-bond donors (Lipinski definition) is 1. The van der Waals surface area contributed by atoms with Crippen molar-refractivity contribution < 1.29 is 5.11 Å². The summed E-state index contributed by atoms with van der Waals surface area (Å²) in [5.74, 6) is 0.385. The standard InChI is InChI=1S/C9H7IO/c10-8-4-6-2-1-3-7(6)5-9(8)11/h1,3-5,11H,2H2. The number of aromatic hydroxyl groups is 1. The minimum atomic E-state index is 0.385. The molecule has 0 heterocycles. The quantitative estimate of drug-likeness (QED) is 0.709. The fourth-order valence-electron chi connectivity index (χ4n) is 1.26. The number of rotatable bonds is 0. The molecule has 2 rings (SSSR count). The zero-order chi connectivity index (χ0) is 7.84. The van der Waals surface area contributed by atoms with Crippen LogP contribution in [0.4, 0.5) is 0 Å². The van der Waals surface area contributed by atoms with Gasteiger partial charge in [-0.1, -0.05) is 12.2 Å². The Balaban J connectivity index is 2.63. The van der Waals surface area contributed by atoms with Gasteiger partial charge in [0, 0.05) is 0 Å². The van der Waals surface area contributed by atoms with Crippen LogP contribution >= 0.6 is 22.6 Å². The van der Waals surface area contributed by atoms with Crippen molar-refractivity contribution in [1.82, 2.24) is 0 Å². The SMILES string of the molecule is Oc1cc2c(cc1I)CC=C2. The maximum Gasteiger partial charge on any atom is 0.129 e. The van der Waals surface area contributed by atoms with E-state index in [0.29, 0.717) is 5.75 Å². The van der Waals surface area contributed by atoms with E-state index in [4.69, 9.17) is 0 Å². The molecule has 0 amide bonds. The third-order valence-electron chi connectivity index (χ3n) is 1.84. The highest BCUT2D eigenvalue weighted by Gasteiger charge is 2.07. The van der Waals surface area contributed by atoms with Crippen molar-refractivity contribution in [3.05, 3.63) is 32.9 Å². The summed E-state index contributed by atoms with van der Waals surface area (Å²) < 4.78 is 0.935. The first-order chi connectivity index (χ1) is 5.27. The van der Waals surface area contributed by atoms with E-state index in [2.05, 4.69) is 28.7 Å². The van der Waals surface area contributed by atoms with E-state index >= 15 is 0 Å². The third-order valence-corrected chi connectivity index (χ3v) is 2.71. The first kappa shape index (κ1) is 7.16. The molecule has 1 N–H and O–H groups in total. The normalized spacial score (nSPS) is 13.5. The fraction of sp³-hybridized carbons (Fsp3) is 0.111.